The zero-order chi connectivity index (χ0) is 10.0. The second-order valence-corrected chi connectivity index (χ2v) is 3.22. The summed E-state index contributed by atoms with van der Waals surface area (Å²) < 4.78 is 0. The van der Waals surface area contributed by atoms with E-state index in [1.165, 1.54) is 12.1 Å². The molecule has 0 bridgehead atoms. The molecule has 0 aromatic heterocycles. The Morgan fingerprint density at radius 3 is 2.62 bits per heavy atom. The molecule has 13 heavy (non-hydrogen) atoms. The van der Waals surface area contributed by atoms with Gasteiger partial charge in [-0.15, -0.1) is 0 Å². The normalized spacial score (nSPS) is 12.5. The maximum absolute atomic E-state index is 10.4. The third-order valence-electron chi connectivity index (χ3n) is 1.64. The topological polar surface area (TPSA) is 69.2 Å². The average molecular weight is 201 g/mol. The van der Waals surface area contributed by atoms with E-state index in [0.717, 1.165) is 0 Å². The lowest BCUT2D eigenvalue weighted by molar-refractivity contribution is -0.384. The molecule has 0 saturated heterocycles. The van der Waals surface area contributed by atoms with Crippen molar-refractivity contribution in [1.82, 2.24) is 0 Å². The molecule has 5 heteroatoms. The van der Waals surface area contributed by atoms with Crippen LogP contribution in [0, 0.1) is 10.1 Å². The molecule has 0 aliphatic carbocycles. The van der Waals surface area contributed by atoms with Gasteiger partial charge in [-0.3, -0.25) is 10.1 Å². The first-order valence-corrected chi connectivity index (χ1v) is 4.09. The standard InChI is InChI=1S/C8H9ClN2O2/c1-5(10)6-2-7(9)4-8(3-6)11(12)13/h2-5H,10H2,1H3. The summed E-state index contributed by atoms with van der Waals surface area (Å²) in [4.78, 5) is 9.95. The minimum atomic E-state index is -0.488. The summed E-state index contributed by atoms with van der Waals surface area (Å²) in [6.45, 7) is 1.75. The van der Waals surface area contributed by atoms with Crippen LogP contribution < -0.4 is 5.73 Å². The Balaban J connectivity index is 3.19. The Morgan fingerprint density at radius 1 is 1.54 bits per heavy atom. The Hall–Kier alpha value is -1.13. The Morgan fingerprint density at radius 2 is 2.15 bits per heavy atom. The van der Waals surface area contributed by atoms with Crippen LogP contribution in [0.15, 0.2) is 18.2 Å². The predicted octanol–water partition coefficient (Wildman–Crippen LogP) is 2.27. The van der Waals surface area contributed by atoms with Crippen LogP contribution in [0.3, 0.4) is 0 Å². The smallest absolute Gasteiger partial charge is 0.271 e. The fourth-order valence-electron chi connectivity index (χ4n) is 0.965. The van der Waals surface area contributed by atoms with Crippen LogP contribution in [0.1, 0.15) is 18.5 Å². The molecule has 1 atom stereocenters. The largest absolute Gasteiger partial charge is 0.324 e. The maximum atomic E-state index is 10.4. The van der Waals surface area contributed by atoms with Crippen molar-refractivity contribution >= 4 is 17.3 Å². The Bertz CT molecular complexity index is 339. The summed E-state index contributed by atoms with van der Waals surface area (Å²) in [5, 5.41) is 10.8. The molecular weight excluding hydrogens is 192 g/mol. The predicted molar refractivity (Wildman–Crippen MR) is 50.7 cm³/mol. The highest BCUT2D eigenvalue weighted by Crippen LogP contribution is 2.23. The van der Waals surface area contributed by atoms with E-state index in [1.54, 1.807) is 13.0 Å². The first kappa shape index (κ1) is 9.95. The number of hydrogen-bond acceptors (Lipinski definition) is 3. The summed E-state index contributed by atoms with van der Waals surface area (Å²) in [7, 11) is 0. The molecule has 0 fully saturated rings. The molecule has 0 aliphatic rings. The van der Waals surface area contributed by atoms with Gasteiger partial charge in [-0.1, -0.05) is 11.6 Å². The van der Waals surface area contributed by atoms with Gasteiger partial charge in [0.1, 0.15) is 0 Å². The fourth-order valence-corrected chi connectivity index (χ4v) is 1.20. The van der Waals surface area contributed by atoms with Gasteiger partial charge in [0, 0.05) is 23.2 Å². The van der Waals surface area contributed by atoms with Crippen molar-refractivity contribution in [1.29, 1.82) is 0 Å². The van der Waals surface area contributed by atoms with E-state index in [1.807, 2.05) is 0 Å². The van der Waals surface area contributed by atoms with Crippen molar-refractivity contribution in [3.05, 3.63) is 38.9 Å². The van der Waals surface area contributed by atoms with Crippen LogP contribution in [0.4, 0.5) is 5.69 Å². The van der Waals surface area contributed by atoms with Crippen LogP contribution in [0.2, 0.25) is 5.02 Å². The van der Waals surface area contributed by atoms with E-state index in [0.29, 0.717) is 10.6 Å². The van der Waals surface area contributed by atoms with Gasteiger partial charge in [-0.2, -0.15) is 0 Å². The molecule has 70 valence electrons. The molecule has 0 saturated carbocycles. The first-order chi connectivity index (χ1) is 6.00. The van der Waals surface area contributed by atoms with Crippen LogP contribution in [0.25, 0.3) is 0 Å². The summed E-state index contributed by atoms with van der Waals surface area (Å²) in [6.07, 6.45) is 0. The summed E-state index contributed by atoms with van der Waals surface area (Å²) >= 11 is 5.68. The molecule has 1 aromatic carbocycles. The van der Waals surface area contributed by atoms with Crippen molar-refractivity contribution in [3.8, 4) is 0 Å². The van der Waals surface area contributed by atoms with E-state index in [4.69, 9.17) is 17.3 Å². The lowest BCUT2D eigenvalue weighted by Gasteiger charge is -2.05. The first-order valence-electron chi connectivity index (χ1n) is 3.71. The molecule has 0 heterocycles. The van der Waals surface area contributed by atoms with Gasteiger partial charge >= 0.3 is 0 Å². The molecule has 1 aromatic rings. The van der Waals surface area contributed by atoms with Crippen molar-refractivity contribution in [2.45, 2.75) is 13.0 Å². The van der Waals surface area contributed by atoms with E-state index in [9.17, 15) is 10.1 Å². The molecule has 0 spiro atoms. The Labute approximate surface area is 80.5 Å². The summed E-state index contributed by atoms with van der Waals surface area (Å²) in [5.41, 5.74) is 6.21. The van der Waals surface area contributed by atoms with E-state index < -0.39 is 4.92 Å². The quantitative estimate of drug-likeness (QED) is 0.588. The average Bonchev–Trinajstić information content (AvgIpc) is 2.03. The number of non-ortho nitro benzene ring substituents is 1. The number of hydrogen-bond donors (Lipinski definition) is 1. The molecule has 1 rings (SSSR count). The summed E-state index contributed by atoms with van der Waals surface area (Å²) in [5.74, 6) is 0. The number of halogens is 1. The molecule has 0 amide bonds. The Kier molecular flexibility index (Phi) is 2.85. The summed E-state index contributed by atoms with van der Waals surface area (Å²) in [6, 6.07) is 4.10. The van der Waals surface area contributed by atoms with Crippen molar-refractivity contribution < 1.29 is 4.92 Å². The van der Waals surface area contributed by atoms with Gasteiger partial charge in [0.15, 0.2) is 0 Å². The molecule has 4 nitrogen and oxygen atoms in total. The third-order valence-corrected chi connectivity index (χ3v) is 1.86. The minimum absolute atomic E-state index is 0.0280. The minimum Gasteiger partial charge on any atom is -0.324 e. The van der Waals surface area contributed by atoms with E-state index >= 15 is 0 Å². The maximum Gasteiger partial charge on any atom is 0.271 e. The van der Waals surface area contributed by atoms with E-state index in [-0.39, 0.29) is 11.7 Å². The molecule has 2 N–H and O–H groups in total. The lowest BCUT2D eigenvalue weighted by Crippen LogP contribution is -2.05. The second kappa shape index (κ2) is 3.72. The van der Waals surface area contributed by atoms with Gasteiger partial charge in [0.2, 0.25) is 0 Å². The van der Waals surface area contributed by atoms with Crippen molar-refractivity contribution in [2.24, 2.45) is 5.73 Å². The fraction of sp³-hybridized carbons (Fsp3) is 0.250. The van der Waals surface area contributed by atoms with Crippen LogP contribution in [-0.4, -0.2) is 4.92 Å². The number of rotatable bonds is 2. The van der Waals surface area contributed by atoms with Crippen LogP contribution in [-0.2, 0) is 0 Å². The monoisotopic (exact) mass is 200 g/mol. The molecule has 0 aliphatic heterocycles. The van der Waals surface area contributed by atoms with Gasteiger partial charge < -0.3 is 5.73 Å². The van der Waals surface area contributed by atoms with E-state index in [2.05, 4.69) is 0 Å². The van der Waals surface area contributed by atoms with Gasteiger partial charge in [-0.05, 0) is 18.6 Å². The number of nitrogens with two attached hydrogens (primary N) is 1. The number of nitrogens with zero attached hydrogens (tertiary/aromatic N) is 1. The second-order valence-electron chi connectivity index (χ2n) is 2.79. The van der Waals surface area contributed by atoms with Gasteiger partial charge in [0.25, 0.3) is 5.69 Å². The number of nitro groups is 1. The van der Waals surface area contributed by atoms with Crippen molar-refractivity contribution in [3.63, 3.8) is 0 Å². The zero-order valence-corrected chi connectivity index (χ0v) is 7.78. The SMILES string of the molecule is CC(N)c1cc(Cl)cc([N+](=O)[O-])c1. The highest BCUT2D eigenvalue weighted by molar-refractivity contribution is 6.30. The molecule has 0 radical (unpaired) electrons. The van der Waals surface area contributed by atoms with Crippen molar-refractivity contribution in [2.75, 3.05) is 0 Å². The number of nitro benzene ring substituents is 1. The highest BCUT2D eigenvalue weighted by atomic mass is 35.5. The zero-order valence-electron chi connectivity index (χ0n) is 7.03. The molecule has 1 unspecified atom stereocenters. The van der Waals surface area contributed by atoms with Gasteiger partial charge in [0.05, 0.1) is 4.92 Å². The lowest BCUT2D eigenvalue weighted by atomic mass is 10.1. The van der Waals surface area contributed by atoms with Crippen LogP contribution >= 0.6 is 11.6 Å². The molecular formula is C8H9ClN2O2. The highest BCUT2D eigenvalue weighted by Gasteiger charge is 2.10. The van der Waals surface area contributed by atoms with Crippen LogP contribution in [0.5, 0.6) is 0 Å². The number of benzene rings is 1. The third kappa shape index (κ3) is 2.40. The van der Waals surface area contributed by atoms with Gasteiger partial charge in [-0.25, -0.2) is 0 Å².